The summed E-state index contributed by atoms with van der Waals surface area (Å²) in [7, 11) is 1.84. The van der Waals surface area contributed by atoms with Gasteiger partial charge in [0.1, 0.15) is 5.82 Å². The van der Waals surface area contributed by atoms with Gasteiger partial charge in [0.25, 0.3) is 0 Å². The van der Waals surface area contributed by atoms with E-state index in [1.54, 1.807) is 6.07 Å². The van der Waals surface area contributed by atoms with E-state index < -0.39 is 0 Å². The highest BCUT2D eigenvalue weighted by Crippen LogP contribution is 2.30. The molecule has 2 nitrogen and oxygen atoms in total. The second-order valence-electron chi connectivity index (χ2n) is 3.31. The fraction of sp³-hybridized carbons (Fsp3) is 0.300. The molecule has 1 aromatic rings. The molecular formula is C10H11ClFNO. The van der Waals surface area contributed by atoms with Crippen LogP contribution in [0.25, 0.3) is 0 Å². The number of halogens is 2. The average Bonchev–Trinajstić information content (AvgIpc) is 2.32. The van der Waals surface area contributed by atoms with Gasteiger partial charge in [-0.2, -0.15) is 0 Å². The summed E-state index contributed by atoms with van der Waals surface area (Å²) >= 11 is 0. The van der Waals surface area contributed by atoms with Gasteiger partial charge in [-0.15, -0.1) is 12.4 Å². The maximum Gasteiger partial charge on any atom is 0.187 e. The Balaban J connectivity index is 0.000000980. The normalized spacial score (nSPS) is 19.2. The van der Waals surface area contributed by atoms with Crippen LogP contribution in [0.15, 0.2) is 18.2 Å². The summed E-state index contributed by atoms with van der Waals surface area (Å²) < 4.78 is 12.8. The van der Waals surface area contributed by atoms with Gasteiger partial charge in [0.2, 0.25) is 0 Å². The summed E-state index contributed by atoms with van der Waals surface area (Å²) in [6.07, 6.45) is 0. The van der Waals surface area contributed by atoms with Crippen LogP contribution in [0.4, 0.5) is 10.1 Å². The van der Waals surface area contributed by atoms with E-state index in [-0.39, 0.29) is 30.0 Å². The van der Waals surface area contributed by atoms with Gasteiger partial charge in [0.15, 0.2) is 5.78 Å². The summed E-state index contributed by atoms with van der Waals surface area (Å²) in [5.41, 5.74) is 1.31. The quantitative estimate of drug-likeness (QED) is 0.662. The zero-order valence-electron chi connectivity index (χ0n) is 7.95. The number of carbonyl (C=O) groups is 1. The zero-order valence-corrected chi connectivity index (χ0v) is 8.77. The van der Waals surface area contributed by atoms with E-state index >= 15 is 0 Å². The first-order valence-electron chi connectivity index (χ1n) is 4.18. The fourth-order valence-corrected chi connectivity index (χ4v) is 1.62. The van der Waals surface area contributed by atoms with Gasteiger partial charge in [-0.25, -0.2) is 4.39 Å². The van der Waals surface area contributed by atoms with E-state index in [0.29, 0.717) is 5.56 Å². The number of nitrogens with zero attached hydrogens (tertiary/aromatic N) is 1. The molecule has 0 saturated carbocycles. The van der Waals surface area contributed by atoms with Crippen LogP contribution >= 0.6 is 12.4 Å². The molecule has 0 aromatic heterocycles. The lowest BCUT2D eigenvalue weighted by Crippen LogP contribution is -2.28. The number of carbonyl (C=O) groups excluding carboxylic acids is 1. The molecule has 1 aliphatic heterocycles. The third-order valence-corrected chi connectivity index (χ3v) is 2.56. The van der Waals surface area contributed by atoms with Gasteiger partial charge in [-0.05, 0) is 25.1 Å². The Morgan fingerprint density at radius 3 is 2.71 bits per heavy atom. The molecule has 0 aliphatic carbocycles. The Bertz CT molecular complexity index is 380. The number of likely N-dealkylation sites (N-methyl/N-ethyl adjacent to an activating group) is 1. The number of ketones is 1. The Kier molecular flexibility index (Phi) is 2.81. The van der Waals surface area contributed by atoms with Gasteiger partial charge in [0.05, 0.1) is 6.04 Å². The van der Waals surface area contributed by atoms with Crippen molar-refractivity contribution in [1.29, 1.82) is 0 Å². The molecule has 1 aliphatic rings. The van der Waals surface area contributed by atoms with Crippen LogP contribution in [0.1, 0.15) is 17.3 Å². The molecule has 0 N–H and O–H groups in total. The number of hydrogen-bond donors (Lipinski definition) is 0. The van der Waals surface area contributed by atoms with E-state index in [1.807, 2.05) is 18.9 Å². The van der Waals surface area contributed by atoms with Crippen molar-refractivity contribution in [3.63, 3.8) is 0 Å². The highest BCUT2D eigenvalue weighted by molar-refractivity contribution is 6.10. The van der Waals surface area contributed by atoms with Crippen LogP contribution in [-0.4, -0.2) is 18.9 Å². The van der Waals surface area contributed by atoms with Crippen LogP contribution in [-0.2, 0) is 0 Å². The Labute approximate surface area is 88.1 Å². The standard InChI is InChI=1S/C10H10FNO.ClH/c1-6-10(13)8-5-7(11)3-4-9(8)12(6)2;/h3-6H,1-2H3;1H. The van der Waals surface area contributed by atoms with Gasteiger partial charge >= 0.3 is 0 Å². The van der Waals surface area contributed by atoms with Crippen molar-refractivity contribution >= 4 is 23.9 Å². The van der Waals surface area contributed by atoms with Crippen LogP contribution in [0.5, 0.6) is 0 Å². The molecule has 4 heteroatoms. The summed E-state index contributed by atoms with van der Waals surface area (Å²) in [5.74, 6) is -0.355. The second kappa shape index (κ2) is 3.58. The summed E-state index contributed by atoms with van der Waals surface area (Å²) in [5, 5.41) is 0. The topological polar surface area (TPSA) is 20.3 Å². The Morgan fingerprint density at radius 1 is 1.43 bits per heavy atom. The number of anilines is 1. The van der Waals surface area contributed by atoms with Gasteiger partial charge in [-0.1, -0.05) is 0 Å². The highest BCUT2D eigenvalue weighted by Gasteiger charge is 2.31. The van der Waals surface area contributed by atoms with Crippen molar-refractivity contribution in [2.75, 3.05) is 11.9 Å². The average molecular weight is 216 g/mol. The largest absolute Gasteiger partial charge is 0.364 e. The molecule has 1 unspecified atom stereocenters. The van der Waals surface area contributed by atoms with Gasteiger partial charge < -0.3 is 4.90 Å². The molecule has 0 bridgehead atoms. The SMILES string of the molecule is CC1C(=O)c2cc(F)ccc2N1C.Cl. The molecule has 14 heavy (non-hydrogen) atoms. The van der Waals surface area contributed by atoms with E-state index in [2.05, 4.69) is 0 Å². The number of fused-ring (bicyclic) bond motifs is 1. The lowest BCUT2D eigenvalue weighted by molar-refractivity contribution is 0.0978. The van der Waals surface area contributed by atoms with E-state index in [0.717, 1.165) is 5.69 Å². The maximum atomic E-state index is 12.8. The Morgan fingerprint density at radius 2 is 2.07 bits per heavy atom. The van der Waals surface area contributed by atoms with Crippen molar-refractivity contribution in [1.82, 2.24) is 0 Å². The molecular weight excluding hydrogens is 205 g/mol. The van der Waals surface area contributed by atoms with E-state index in [9.17, 15) is 9.18 Å². The first-order valence-corrected chi connectivity index (χ1v) is 4.18. The predicted octanol–water partition coefficient (Wildman–Crippen LogP) is 2.27. The molecule has 0 radical (unpaired) electrons. The molecule has 1 aromatic carbocycles. The third kappa shape index (κ3) is 1.38. The van der Waals surface area contributed by atoms with Crippen molar-refractivity contribution in [3.05, 3.63) is 29.6 Å². The smallest absolute Gasteiger partial charge is 0.187 e. The summed E-state index contributed by atoms with van der Waals surface area (Å²) in [6.45, 7) is 1.82. The maximum absolute atomic E-state index is 12.8. The van der Waals surface area contributed by atoms with Crippen LogP contribution in [0, 0.1) is 5.82 Å². The van der Waals surface area contributed by atoms with Crippen LogP contribution < -0.4 is 4.90 Å². The molecule has 1 atom stereocenters. The van der Waals surface area contributed by atoms with Crippen LogP contribution in [0.3, 0.4) is 0 Å². The molecule has 0 amide bonds. The Hall–Kier alpha value is -1.09. The van der Waals surface area contributed by atoms with Crippen LogP contribution in [0.2, 0.25) is 0 Å². The molecule has 0 saturated heterocycles. The number of Topliss-reactive ketones (excluding diaryl/α,β-unsaturated/α-hetero) is 1. The lowest BCUT2D eigenvalue weighted by atomic mass is 10.1. The summed E-state index contributed by atoms with van der Waals surface area (Å²) in [4.78, 5) is 13.4. The third-order valence-electron chi connectivity index (χ3n) is 2.56. The summed E-state index contributed by atoms with van der Waals surface area (Å²) in [6, 6.07) is 4.15. The zero-order chi connectivity index (χ0) is 9.59. The first kappa shape index (κ1) is 11.0. The van der Waals surface area contributed by atoms with E-state index in [1.165, 1.54) is 12.1 Å². The molecule has 2 rings (SSSR count). The lowest BCUT2D eigenvalue weighted by Gasteiger charge is -2.16. The molecule has 76 valence electrons. The minimum absolute atomic E-state index is 0. The minimum Gasteiger partial charge on any atom is -0.364 e. The molecule has 1 heterocycles. The molecule has 0 fully saturated rings. The predicted molar refractivity (Wildman–Crippen MR) is 55.8 cm³/mol. The number of hydrogen-bond acceptors (Lipinski definition) is 2. The van der Waals surface area contributed by atoms with Crippen molar-refractivity contribution in [2.24, 2.45) is 0 Å². The monoisotopic (exact) mass is 215 g/mol. The van der Waals surface area contributed by atoms with Crippen molar-refractivity contribution in [3.8, 4) is 0 Å². The van der Waals surface area contributed by atoms with Crippen molar-refractivity contribution in [2.45, 2.75) is 13.0 Å². The second-order valence-corrected chi connectivity index (χ2v) is 3.31. The van der Waals surface area contributed by atoms with E-state index in [4.69, 9.17) is 0 Å². The minimum atomic E-state index is -0.352. The number of rotatable bonds is 0. The number of benzene rings is 1. The fourth-order valence-electron chi connectivity index (χ4n) is 1.62. The van der Waals surface area contributed by atoms with Gasteiger partial charge in [0, 0.05) is 18.3 Å². The van der Waals surface area contributed by atoms with Crippen molar-refractivity contribution < 1.29 is 9.18 Å². The first-order chi connectivity index (χ1) is 6.11. The highest BCUT2D eigenvalue weighted by atomic mass is 35.5. The van der Waals surface area contributed by atoms with Gasteiger partial charge in [-0.3, -0.25) is 4.79 Å². The molecule has 0 spiro atoms.